The van der Waals surface area contributed by atoms with Gasteiger partial charge in [0.1, 0.15) is 12.1 Å². The average molecular weight is 252 g/mol. The van der Waals surface area contributed by atoms with E-state index in [1.807, 2.05) is 6.92 Å². The number of Topliss-reactive ketones (excluding diaryl/α,β-unsaturated/α-hetero) is 1. The van der Waals surface area contributed by atoms with E-state index in [0.29, 0.717) is 18.8 Å². The van der Waals surface area contributed by atoms with Crippen molar-refractivity contribution in [3.8, 4) is 0 Å². The van der Waals surface area contributed by atoms with Crippen LogP contribution in [0, 0.1) is 22.7 Å². The smallest absolute Gasteiger partial charge is 0.130 e. The summed E-state index contributed by atoms with van der Waals surface area (Å²) in [5, 5.41) is 10.4. The van der Waals surface area contributed by atoms with Crippen LogP contribution in [0.3, 0.4) is 0 Å². The standard InChI is InChI=1S/C15H24O3/c1-10(17)5-12-11(2)13(3)6-14(4,18)8-15(12,7-13)9-16/h9,11-12,18H,5-8H2,1-4H3. The number of hydrogen-bond donors (Lipinski definition) is 1. The van der Waals surface area contributed by atoms with Crippen molar-refractivity contribution in [3.05, 3.63) is 0 Å². The highest BCUT2D eigenvalue weighted by Gasteiger charge is 2.63. The molecule has 1 N–H and O–H groups in total. The molecule has 18 heavy (non-hydrogen) atoms. The Balaban J connectivity index is 2.43. The molecule has 0 aromatic carbocycles. The normalized spacial score (nSPS) is 51.2. The lowest BCUT2D eigenvalue weighted by atomic mass is 9.62. The van der Waals surface area contributed by atoms with Crippen molar-refractivity contribution in [2.24, 2.45) is 22.7 Å². The lowest BCUT2D eigenvalue weighted by Crippen LogP contribution is -2.44. The molecule has 5 unspecified atom stereocenters. The second-order valence-corrected chi connectivity index (χ2v) is 7.33. The molecule has 0 saturated heterocycles. The molecule has 2 bridgehead atoms. The van der Waals surface area contributed by atoms with Gasteiger partial charge in [0.05, 0.1) is 5.60 Å². The summed E-state index contributed by atoms with van der Waals surface area (Å²) in [7, 11) is 0. The fourth-order valence-corrected chi connectivity index (χ4v) is 4.95. The molecule has 3 nitrogen and oxygen atoms in total. The SMILES string of the molecule is CC(=O)CC1C(C)C2(C)CC(C)(O)CC1(C=O)C2. The molecule has 2 rings (SSSR count). The first kappa shape index (κ1) is 13.7. The van der Waals surface area contributed by atoms with Crippen molar-refractivity contribution in [1.29, 1.82) is 0 Å². The lowest BCUT2D eigenvalue weighted by Gasteiger charge is -2.44. The van der Waals surface area contributed by atoms with Gasteiger partial charge in [-0.2, -0.15) is 0 Å². The number of ketones is 1. The molecule has 0 amide bonds. The predicted molar refractivity (Wildman–Crippen MR) is 69.0 cm³/mol. The van der Waals surface area contributed by atoms with Gasteiger partial charge in [0, 0.05) is 11.8 Å². The Hall–Kier alpha value is -0.700. The highest BCUT2D eigenvalue weighted by atomic mass is 16.3. The maximum absolute atomic E-state index is 11.7. The number of carbonyl (C=O) groups excluding carboxylic acids is 2. The second-order valence-electron chi connectivity index (χ2n) is 7.33. The molecule has 0 aromatic heterocycles. The van der Waals surface area contributed by atoms with Crippen LogP contribution in [0.1, 0.15) is 53.4 Å². The summed E-state index contributed by atoms with van der Waals surface area (Å²) in [6.07, 6.45) is 3.53. The molecule has 0 spiro atoms. The van der Waals surface area contributed by atoms with E-state index >= 15 is 0 Å². The summed E-state index contributed by atoms with van der Waals surface area (Å²) in [5.41, 5.74) is -1.31. The molecule has 102 valence electrons. The first-order valence-corrected chi connectivity index (χ1v) is 6.82. The Morgan fingerprint density at radius 2 is 1.94 bits per heavy atom. The highest BCUT2D eigenvalue weighted by Crippen LogP contribution is 2.66. The van der Waals surface area contributed by atoms with Crippen LogP contribution in [-0.2, 0) is 9.59 Å². The van der Waals surface area contributed by atoms with E-state index in [1.165, 1.54) is 0 Å². The number of fused-ring (bicyclic) bond motifs is 2. The van der Waals surface area contributed by atoms with Crippen LogP contribution < -0.4 is 0 Å². The largest absolute Gasteiger partial charge is 0.390 e. The average Bonchev–Trinajstić information content (AvgIpc) is 2.35. The van der Waals surface area contributed by atoms with Gasteiger partial charge in [0.15, 0.2) is 0 Å². The van der Waals surface area contributed by atoms with E-state index < -0.39 is 11.0 Å². The third kappa shape index (κ3) is 1.93. The molecule has 2 aliphatic carbocycles. The summed E-state index contributed by atoms with van der Waals surface area (Å²) in [6, 6.07) is 0. The number of hydrogen-bond acceptors (Lipinski definition) is 3. The van der Waals surface area contributed by atoms with Gasteiger partial charge in [0.2, 0.25) is 0 Å². The summed E-state index contributed by atoms with van der Waals surface area (Å²) in [6.45, 7) is 7.71. The third-order valence-electron chi connectivity index (χ3n) is 5.41. The van der Waals surface area contributed by atoms with Crippen molar-refractivity contribution in [3.63, 3.8) is 0 Å². The Bertz CT molecular complexity index is 383. The maximum Gasteiger partial charge on any atom is 0.130 e. The van der Waals surface area contributed by atoms with E-state index in [0.717, 1.165) is 19.1 Å². The molecule has 3 heteroatoms. The Labute approximate surface area is 109 Å². The zero-order valence-electron chi connectivity index (χ0n) is 11.8. The van der Waals surface area contributed by atoms with Crippen LogP contribution in [0.4, 0.5) is 0 Å². The van der Waals surface area contributed by atoms with Crippen LogP contribution in [0.2, 0.25) is 0 Å². The minimum atomic E-state index is -0.784. The fraction of sp³-hybridized carbons (Fsp3) is 0.867. The van der Waals surface area contributed by atoms with Crippen LogP contribution in [0.15, 0.2) is 0 Å². The van der Waals surface area contributed by atoms with Gasteiger partial charge in [-0.1, -0.05) is 13.8 Å². The number of aldehydes is 1. The quantitative estimate of drug-likeness (QED) is 0.784. The van der Waals surface area contributed by atoms with Gasteiger partial charge in [-0.25, -0.2) is 0 Å². The van der Waals surface area contributed by atoms with E-state index in [9.17, 15) is 14.7 Å². The van der Waals surface area contributed by atoms with Crippen LogP contribution >= 0.6 is 0 Å². The molecule has 2 fully saturated rings. The molecule has 2 saturated carbocycles. The minimum Gasteiger partial charge on any atom is -0.390 e. The zero-order valence-corrected chi connectivity index (χ0v) is 11.8. The number of aliphatic hydroxyl groups is 1. The van der Waals surface area contributed by atoms with Gasteiger partial charge >= 0.3 is 0 Å². The molecule has 2 aliphatic rings. The van der Waals surface area contributed by atoms with E-state index in [4.69, 9.17) is 0 Å². The third-order valence-corrected chi connectivity index (χ3v) is 5.41. The molecule has 0 radical (unpaired) electrons. The molecule has 0 aromatic rings. The topological polar surface area (TPSA) is 54.4 Å². The van der Waals surface area contributed by atoms with Gasteiger partial charge in [-0.15, -0.1) is 0 Å². The van der Waals surface area contributed by atoms with Gasteiger partial charge < -0.3 is 14.7 Å². The van der Waals surface area contributed by atoms with Crippen LogP contribution in [0.5, 0.6) is 0 Å². The van der Waals surface area contributed by atoms with E-state index in [2.05, 4.69) is 13.8 Å². The first-order chi connectivity index (χ1) is 8.14. The Kier molecular flexibility index (Phi) is 2.97. The maximum atomic E-state index is 11.7. The number of carbonyl (C=O) groups is 2. The van der Waals surface area contributed by atoms with Crippen molar-refractivity contribution in [1.82, 2.24) is 0 Å². The zero-order chi connectivity index (χ0) is 13.8. The summed E-state index contributed by atoms with van der Waals surface area (Å²) >= 11 is 0. The van der Waals surface area contributed by atoms with Crippen molar-refractivity contribution < 1.29 is 14.7 Å². The van der Waals surface area contributed by atoms with Gasteiger partial charge in [-0.05, 0) is 50.4 Å². The summed E-state index contributed by atoms with van der Waals surface area (Å²) in [4.78, 5) is 23.2. The van der Waals surface area contributed by atoms with E-state index in [-0.39, 0.29) is 17.1 Å². The lowest BCUT2D eigenvalue weighted by molar-refractivity contribution is -0.130. The van der Waals surface area contributed by atoms with Gasteiger partial charge in [0.25, 0.3) is 0 Å². The fourth-order valence-electron chi connectivity index (χ4n) is 4.95. The van der Waals surface area contributed by atoms with Crippen molar-refractivity contribution in [2.45, 2.75) is 59.0 Å². The molecule has 0 heterocycles. The molecular formula is C15H24O3. The molecular weight excluding hydrogens is 228 g/mol. The van der Waals surface area contributed by atoms with Crippen LogP contribution in [0.25, 0.3) is 0 Å². The predicted octanol–water partition coefficient (Wildman–Crippen LogP) is 2.36. The van der Waals surface area contributed by atoms with Crippen LogP contribution in [-0.4, -0.2) is 22.8 Å². The Morgan fingerprint density at radius 1 is 1.33 bits per heavy atom. The second kappa shape index (κ2) is 3.89. The van der Waals surface area contributed by atoms with E-state index in [1.54, 1.807) is 6.92 Å². The van der Waals surface area contributed by atoms with Crippen molar-refractivity contribution in [2.75, 3.05) is 0 Å². The summed E-state index contributed by atoms with van der Waals surface area (Å²) in [5.74, 6) is 0.538. The summed E-state index contributed by atoms with van der Waals surface area (Å²) < 4.78 is 0. The van der Waals surface area contributed by atoms with Crippen molar-refractivity contribution >= 4 is 12.1 Å². The Morgan fingerprint density at radius 3 is 2.44 bits per heavy atom. The number of rotatable bonds is 3. The monoisotopic (exact) mass is 252 g/mol. The highest BCUT2D eigenvalue weighted by molar-refractivity contribution is 5.77. The minimum absolute atomic E-state index is 0.0250. The molecule has 5 atom stereocenters. The molecule has 0 aliphatic heterocycles. The first-order valence-electron chi connectivity index (χ1n) is 6.82. The van der Waals surface area contributed by atoms with Gasteiger partial charge in [-0.3, -0.25) is 0 Å².